The fraction of sp³-hybridized carbons (Fsp3) is 0.500. The number of aromatic nitrogens is 3. The van der Waals surface area contributed by atoms with Gasteiger partial charge in [0.1, 0.15) is 5.82 Å². The van der Waals surface area contributed by atoms with Gasteiger partial charge in [-0.05, 0) is 44.4 Å². The Hall–Kier alpha value is -2.57. The molecular weight excluding hydrogens is 318 g/mol. The minimum absolute atomic E-state index is 0.0888. The number of carbonyl (C=O) groups is 1. The molecule has 1 aliphatic heterocycles. The molecule has 2 heterocycles. The highest BCUT2D eigenvalue weighted by Gasteiger charge is 2.29. The van der Waals surface area contributed by atoms with Gasteiger partial charge in [-0.1, -0.05) is 12.1 Å². The van der Waals surface area contributed by atoms with Gasteiger partial charge in [-0.25, -0.2) is 14.3 Å². The molecule has 1 fully saturated rings. The molecule has 1 unspecified atom stereocenters. The molecule has 1 aliphatic rings. The van der Waals surface area contributed by atoms with Crippen LogP contribution in [0.3, 0.4) is 0 Å². The summed E-state index contributed by atoms with van der Waals surface area (Å²) in [5.41, 5.74) is 1.81. The van der Waals surface area contributed by atoms with Crippen molar-refractivity contribution in [3.8, 4) is 0 Å². The molecule has 0 saturated carbocycles. The number of aryl methyl sites for hydroxylation is 2. The fourth-order valence-corrected chi connectivity index (χ4v) is 3.42. The van der Waals surface area contributed by atoms with Crippen molar-refractivity contribution in [2.45, 2.75) is 39.2 Å². The fourth-order valence-electron chi connectivity index (χ4n) is 3.42. The predicted octanol–water partition coefficient (Wildman–Crippen LogP) is 2.32. The summed E-state index contributed by atoms with van der Waals surface area (Å²) in [4.78, 5) is 26.5. The third-order valence-electron chi connectivity index (χ3n) is 4.70. The SMILES string of the molecule is CCn1c(C2CCCN(C(=O)Nc3cccc(C)c3)C2)nn(C)c1=O. The molecule has 0 spiro atoms. The van der Waals surface area contributed by atoms with Crippen LogP contribution < -0.4 is 11.0 Å². The number of likely N-dealkylation sites (tertiary alicyclic amines) is 1. The van der Waals surface area contributed by atoms with Crippen LogP contribution in [0.4, 0.5) is 10.5 Å². The Kier molecular flexibility index (Phi) is 4.92. The van der Waals surface area contributed by atoms with Crippen LogP contribution in [0, 0.1) is 6.92 Å². The first-order valence-corrected chi connectivity index (χ1v) is 8.76. The third kappa shape index (κ3) is 3.60. The van der Waals surface area contributed by atoms with Crippen molar-refractivity contribution in [2.24, 2.45) is 7.05 Å². The molecule has 7 heteroatoms. The molecule has 3 rings (SSSR count). The first-order valence-electron chi connectivity index (χ1n) is 8.76. The third-order valence-corrected chi connectivity index (χ3v) is 4.70. The summed E-state index contributed by atoms with van der Waals surface area (Å²) in [7, 11) is 1.67. The standard InChI is InChI=1S/C18H25N5O2/c1-4-23-16(20-21(3)18(23)25)14-8-6-10-22(12-14)17(24)19-15-9-5-7-13(2)11-15/h5,7,9,11,14H,4,6,8,10,12H2,1-3H3,(H,19,24). The average molecular weight is 343 g/mol. The molecule has 1 atom stereocenters. The van der Waals surface area contributed by atoms with Gasteiger partial charge in [0, 0.05) is 38.3 Å². The van der Waals surface area contributed by atoms with Crippen molar-refractivity contribution in [3.63, 3.8) is 0 Å². The number of hydrogen-bond acceptors (Lipinski definition) is 3. The van der Waals surface area contributed by atoms with E-state index in [1.807, 2.05) is 43.0 Å². The van der Waals surface area contributed by atoms with Gasteiger partial charge in [-0.15, -0.1) is 0 Å². The molecule has 25 heavy (non-hydrogen) atoms. The van der Waals surface area contributed by atoms with Crippen molar-refractivity contribution >= 4 is 11.7 Å². The van der Waals surface area contributed by atoms with Gasteiger partial charge in [-0.3, -0.25) is 4.57 Å². The molecule has 134 valence electrons. The highest BCUT2D eigenvalue weighted by Crippen LogP contribution is 2.25. The maximum Gasteiger partial charge on any atom is 0.345 e. The summed E-state index contributed by atoms with van der Waals surface area (Å²) < 4.78 is 3.08. The Morgan fingerprint density at radius 3 is 2.92 bits per heavy atom. The number of urea groups is 1. The number of benzene rings is 1. The molecule has 0 bridgehead atoms. The van der Waals surface area contributed by atoms with E-state index in [1.54, 1.807) is 11.6 Å². The number of anilines is 1. The van der Waals surface area contributed by atoms with E-state index in [2.05, 4.69) is 10.4 Å². The van der Waals surface area contributed by atoms with E-state index in [0.29, 0.717) is 13.1 Å². The quantitative estimate of drug-likeness (QED) is 0.929. The van der Waals surface area contributed by atoms with Crippen molar-refractivity contribution in [1.29, 1.82) is 0 Å². The van der Waals surface area contributed by atoms with Crippen molar-refractivity contribution in [3.05, 3.63) is 46.1 Å². The zero-order valence-electron chi connectivity index (χ0n) is 15.0. The van der Waals surface area contributed by atoms with Gasteiger partial charge in [0.25, 0.3) is 0 Å². The number of carbonyl (C=O) groups excluding carboxylic acids is 1. The number of nitrogens with zero attached hydrogens (tertiary/aromatic N) is 4. The van der Waals surface area contributed by atoms with E-state index in [9.17, 15) is 9.59 Å². The lowest BCUT2D eigenvalue weighted by atomic mass is 9.97. The van der Waals surface area contributed by atoms with Crippen LogP contribution in [-0.4, -0.2) is 38.4 Å². The first kappa shape index (κ1) is 17.3. The van der Waals surface area contributed by atoms with E-state index < -0.39 is 0 Å². The number of hydrogen-bond donors (Lipinski definition) is 1. The van der Waals surface area contributed by atoms with Gasteiger partial charge in [0.15, 0.2) is 0 Å². The minimum atomic E-state index is -0.100. The van der Waals surface area contributed by atoms with Gasteiger partial charge < -0.3 is 10.2 Å². The largest absolute Gasteiger partial charge is 0.345 e. The van der Waals surface area contributed by atoms with Crippen molar-refractivity contribution in [1.82, 2.24) is 19.2 Å². The molecule has 2 amide bonds. The molecule has 1 aromatic heterocycles. The second kappa shape index (κ2) is 7.13. The smallest absolute Gasteiger partial charge is 0.324 e. The summed E-state index contributed by atoms with van der Waals surface area (Å²) in [6.45, 7) is 5.83. The minimum Gasteiger partial charge on any atom is -0.324 e. The lowest BCUT2D eigenvalue weighted by molar-refractivity contribution is 0.190. The predicted molar refractivity (Wildman–Crippen MR) is 96.9 cm³/mol. The molecule has 0 radical (unpaired) electrons. The summed E-state index contributed by atoms with van der Waals surface area (Å²) >= 11 is 0. The molecule has 7 nitrogen and oxygen atoms in total. The van der Waals surface area contributed by atoms with Crippen LogP contribution in [0.1, 0.15) is 37.1 Å². The van der Waals surface area contributed by atoms with Gasteiger partial charge in [0.2, 0.25) is 0 Å². The van der Waals surface area contributed by atoms with Crippen molar-refractivity contribution in [2.75, 3.05) is 18.4 Å². The highest BCUT2D eigenvalue weighted by molar-refractivity contribution is 5.89. The van der Waals surface area contributed by atoms with Gasteiger partial charge in [-0.2, -0.15) is 5.10 Å². The Labute approximate surface area is 147 Å². The Bertz CT molecular complexity index is 823. The topological polar surface area (TPSA) is 72.2 Å². The lowest BCUT2D eigenvalue weighted by Gasteiger charge is -2.32. The lowest BCUT2D eigenvalue weighted by Crippen LogP contribution is -2.42. The Balaban J connectivity index is 1.74. The molecular formula is C18H25N5O2. The van der Waals surface area contributed by atoms with Crippen LogP contribution >= 0.6 is 0 Å². The summed E-state index contributed by atoms with van der Waals surface area (Å²) in [5.74, 6) is 0.869. The first-order chi connectivity index (χ1) is 12.0. The van der Waals surface area contributed by atoms with Crippen LogP contribution in [-0.2, 0) is 13.6 Å². The Morgan fingerprint density at radius 2 is 2.20 bits per heavy atom. The van der Waals surface area contributed by atoms with E-state index >= 15 is 0 Å². The number of rotatable bonds is 3. The molecule has 2 aromatic rings. The van der Waals surface area contributed by atoms with Crippen LogP contribution in [0.5, 0.6) is 0 Å². The van der Waals surface area contributed by atoms with E-state index in [0.717, 1.165) is 36.5 Å². The molecule has 1 aromatic carbocycles. The van der Waals surface area contributed by atoms with Gasteiger partial charge >= 0.3 is 11.7 Å². The van der Waals surface area contributed by atoms with Crippen LogP contribution in [0.2, 0.25) is 0 Å². The molecule has 0 aliphatic carbocycles. The normalized spacial score (nSPS) is 17.6. The summed E-state index contributed by atoms with van der Waals surface area (Å²) in [6.07, 6.45) is 1.84. The second-order valence-electron chi connectivity index (χ2n) is 6.59. The Morgan fingerprint density at radius 1 is 1.40 bits per heavy atom. The van der Waals surface area contributed by atoms with E-state index in [4.69, 9.17) is 0 Å². The van der Waals surface area contributed by atoms with E-state index in [-0.39, 0.29) is 17.6 Å². The zero-order valence-corrected chi connectivity index (χ0v) is 15.0. The molecule has 1 saturated heterocycles. The van der Waals surface area contributed by atoms with E-state index in [1.165, 1.54) is 4.68 Å². The van der Waals surface area contributed by atoms with Crippen LogP contribution in [0.25, 0.3) is 0 Å². The monoisotopic (exact) mass is 343 g/mol. The summed E-state index contributed by atoms with van der Waals surface area (Å²) in [6, 6.07) is 7.67. The summed E-state index contributed by atoms with van der Waals surface area (Å²) in [5, 5.41) is 7.37. The number of amides is 2. The molecule has 1 N–H and O–H groups in total. The zero-order chi connectivity index (χ0) is 18.0. The average Bonchev–Trinajstić information content (AvgIpc) is 2.89. The van der Waals surface area contributed by atoms with Crippen molar-refractivity contribution < 1.29 is 4.79 Å². The number of nitrogens with one attached hydrogen (secondary N) is 1. The maximum absolute atomic E-state index is 12.6. The van der Waals surface area contributed by atoms with Gasteiger partial charge in [0.05, 0.1) is 0 Å². The second-order valence-corrected chi connectivity index (χ2v) is 6.59. The highest BCUT2D eigenvalue weighted by atomic mass is 16.2. The van der Waals surface area contributed by atoms with Crippen LogP contribution in [0.15, 0.2) is 29.1 Å². The maximum atomic E-state index is 12.6. The number of piperidine rings is 1.